The summed E-state index contributed by atoms with van der Waals surface area (Å²) in [7, 11) is 0. The zero-order chi connectivity index (χ0) is 15.5. The molecule has 1 rings (SSSR count). The number of hydrogen-bond acceptors (Lipinski definition) is 2. The summed E-state index contributed by atoms with van der Waals surface area (Å²) < 4.78 is 50.9. The summed E-state index contributed by atoms with van der Waals surface area (Å²) in [5.74, 6) is -2.32. The van der Waals surface area contributed by atoms with E-state index in [-0.39, 0.29) is 17.5 Å². The van der Waals surface area contributed by atoms with Crippen LogP contribution in [0.1, 0.15) is 22.8 Å². The lowest BCUT2D eigenvalue weighted by Gasteiger charge is -2.12. The molecule has 3 N–H and O–H groups in total. The van der Waals surface area contributed by atoms with Crippen LogP contribution in [0.5, 0.6) is 0 Å². The minimum atomic E-state index is -4.64. The van der Waals surface area contributed by atoms with Crippen molar-refractivity contribution in [3.8, 4) is 0 Å². The van der Waals surface area contributed by atoms with E-state index >= 15 is 0 Å². The molecule has 1 unspecified atom stereocenters. The second-order valence-electron chi connectivity index (χ2n) is 4.21. The number of nitrogens with one attached hydrogen (secondary N) is 1. The van der Waals surface area contributed by atoms with E-state index in [4.69, 9.17) is 5.73 Å². The van der Waals surface area contributed by atoms with Crippen LogP contribution in [0.25, 0.3) is 0 Å². The highest BCUT2D eigenvalue weighted by molar-refractivity contribution is 7.80. The fourth-order valence-corrected chi connectivity index (χ4v) is 1.40. The molecule has 0 saturated carbocycles. The van der Waals surface area contributed by atoms with Crippen LogP contribution in [0.15, 0.2) is 18.2 Å². The summed E-state index contributed by atoms with van der Waals surface area (Å²) in [6, 6.07) is 1.65. The summed E-state index contributed by atoms with van der Waals surface area (Å²) in [5, 5.41) is 2.29. The molecule has 1 aromatic rings. The molecule has 0 bridgehead atoms. The van der Waals surface area contributed by atoms with Crippen molar-refractivity contribution >= 4 is 23.1 Å². The normalized spacial score (nSPS) is 12.8. The minimum Gasteiger partial charge on any atom is -0.393 e. The SMILES string of the molecule is CC(CNC(=O)c1cc(C(F)(F)F)ccc1F)C(N)=S. The lowest BCUT2D eigenvalue weighted by molar-refractivity contribution is -0.137. The number of thiocarbonyl (C=S) groups is 1. The topological polar surface area (TPSA) is 55.1 Å². The first-order valence-electron chi connectivity index (χ1n) is 5.57. The molecule has 0 aliphatic carbocycles. The fourth-order valence-electron chi connectivity index (χ4n) is 1.32. The van der Waals surface area contributed by atoms with Gasteiger partial charge in [0.05, 0.1) is 16.1 Å². The maximum atomic E-state index is 13.4. The third-order valence-corrected chi connectivity index (χ3v) is 3.00. The molecule has 3 nitrogen and oxygen atoms in total. The summed E-state index contributed by atoms with van der Waals surface area (Å²) in [5.41, 5.74) is 3.57. The molecule has 0 aliphatic rings. The molecule has 110 valence electrons. The first-order chi connectivity index (χ1) is 9.12. The Hall–Kier alpha value is -1.70. The van der Waals surface area contributed by atoms with Gasteiger partial charge in [-0.1, -0.05) is 19.1 Å². The van der Waals surface area contributed by atoms with Crippen LogP contribution in [0, 0.1) is 11.7 Å². The van der Waals surface area contributed by atoms with Crippen LogP contribution in [-0.4, -0.2) is 17.4 Å². The van der Waals surface area contributed by atoms with E-state index in [1.807, 2.05) is 0 Å². The third kappa shape index (κ3) is 4.16. The maximum absolute atomic E-state index is 13.4. The molecule has 0 aliphatic heterocycles. The fraction of sp³-hybridized carbons (Fsp3) is 0.333. The highest BCUT2D eigenvalue weighted by Gasteiger charge is 2.31. The van der Waals surface area contributed by atoms with Crippen LogP contribution in [0.4, 0.5) is 17.6 Å². The van der Waals surface area contributed by atoms with Gasteiger partial charge >= 0.3 is 6.18 Å². The standard InChI is InChI=1S/C12H12F4N2OS/c1-6(10(17)20)5-18-11(19)8-4-7(12(14,15)16)2-3-9(8)13/h2-4,6H,5H2,1H3,(H2,17,20)(H,18,19). The summed E-state index contributed by atoms with van der Waals surface area (Å²) in [6.07, 6.45) is -4.64. The Labute approximate surface area is 118 Å². The van der Waals surface area contributed by atoms with Gasteiger partial charge in [-0.05, 0) is 18.2 Å². The Morgan fingerprint density at radius 2 is 2.05 bits per heavy atom. The molecule has 1 amide bonds. The first-order valence-corrected chi connectivity index (χ1v) is 5.98. The summed E-state index contributed by atoms with van der Waals surface area (Å²) >= 11 is 4.69. The Kier molecular flexibility index (Phi) is 5.04. The van der Waals surface area contributed by atoms with Crippen molar-refractivity contribution in [3.63, 3.8) is 0 Å². The van der Waals surface area contributed by atoms with Crippen LogP contribution in [0.3, 0.4) is 0 Å². The summed E-state index contributed by atoms with van der Waals surface area (Å²) in [4.78, 5) is 11.8. The van der Waals surface area contributed by atoms with Crippen molar-refractivity contribution in [2.75, 3.05) is 6.54 Å². The number of carbonyl (C=O) groups is 1. The van der Waals surface area contributed by atoms with Gasteiger partial charge in [-0.15, -0.1) is 0 Å². The van der Waals surface area contributed by atoms with Gasteiger partial charge in [-0.2, -0.15) is 13.2 Å². The van der Waals surface area contributed by atoms with Gasteiger partial charge in [0, 0.05) is 12.5 Å². The average molecular weight is 308 g/mol. The maximum Gasteiger partial charge on any atom is 0.416 e. The van der Waals surface area contributed by atoms with Gasteiger partial charge < -0.3 is 11.1 Å². The highest BCUT2D eigenvalue weighted by atomic mass is 32.1. The Morgan fingerprint density at radius 1 is 1.45 bits per heavy atom. The largest absolute Gasteiger partial charge is 0.416 e. The van der Waals surface area contributed by atoms with Gasteiger partial charge in [0.1, 0.15) is 5.82 Å². The van der Waals surface area contributed by atoms with Crippen molar-refractivity contribution in [2.45, 2.75) is 13.1 Å². The molecule has 0 radical (unpaired) electrons. The molecular weight excluding hydrogens is 296 g/mol. The quantitative estimate of drug-likeness (QED) is 0.664. The van der Waals surface area contributed by atoms with Crippen LogP contribution in [0.2, 0.25) is 0 Å². The molecule has 8 heteroatoms. The predicted octanol–water partition coefficient (Wildman–Crippen LogP) is 2.50. The molecule has 1 atom stereocenters. The highest BCUT2D eigenvalue weighted by Crippen LogP contribution is 2.30. The lowest BCUT2D eigenvalue weighted by atomic mass is 10.1. The molecule has 20 heavy (non-hydrogen) atoms. The zero-order valence-corrected chi connectivity index (χ0v) is 11.2. The van der Waals surface area contributed by atoms with E-state index in [9.17, 15) is 22.4 Å². The number of nitrogens with two attached hydrogens (primary N) is 1. The number of carbonyl (C=O) groups excluding carboxylic acids is 1. The van der Waals surface area contributed by atoms with E-state index in [1.54, 1.807) is 6.92 Å². The van der Waals surface area contributed by atoms with Gasteiger partial charge in [0.25, 0.3) is 5.91 Å². The van der Waals surface area contributed by atoms with Crippen molar-refractivity contribution in [2.24, 2.45) is 11.7 Å². The van der Waals surface area contributed by atoms with Gasteiger partial charge in [0.2, 0.25) is 0 Å². The van der Waals surface area contributed by atoms with Crippen LogP contribution < -0.4 is 11.1 Å². The second kappa shape index (κ2) is 6.17. The van der Waals surface area contributed by atoms with E-state index in [0.717, 1.165) is 0 Å². The number of benzene rings is 1. The van der Waals surface area contributed by atoms with Gasteiger partial charge in [-0.3, -0.25) is 4.79 Å². The first kappa shape index (κ1) is 16.4. The van der Waals surface area contributed by atoms with E-state index in [0.29, 0.717) is 18.2 Å². The zero-order valence-electron chi connectivity index (χ0n) is 10.4. The average Bonchev–Trinajstić information content (AvgIpc) is 2.34. The van der Waals surface area contributed by atoms with Gasteiger partial charge in [0.15, 0.2) is 0 Å². The Bertz CT molecular complexity index is 531. The van der Waals surface area contributed by atoms with E-state index in [2.05, 4.69) is 17.5 Å². The van der Waals surface area contributed by atoms with Crippen molar-refractivity contribution < 1.29 is 22.4 Å². The summed E-state index contributed by atoms with van der Waals surface area (Å²) in [6.45, 7) is 1.65. The molecule has 0 fully saturated rings. The van der Waals surface area contributed by atoms with E-state index < -0.39 is 29.0 Å². The number of halogens is 4. The smallest absolute Gasteiger partial charge is 0.393 e. The van der Waals surface area contributed by atoms with E-state index in [1.165, 1.54) is 0 Å². The number of amides is 1. The molecule has 0 spiro atoms. The predicted molar refractivity (Wildman–Crippen MR) is 69.7 cm³/mol. The molecule has 0 saturated heterocycles. The van der Waals surface area contributed by atoms with Crippen molar-refractivity contribution in [1.82, 2.24) is 5.32 Å². The van der Waals surface area contributed by atoms with Crippen molar-refractivity contribution in [1.29, 1.82) is 0 Å². The van der Waals surface area contributed by atoms with Crippen LogP contribution >= 0.6 is 12.2 Å². The van der Waals surface area contributed by atoms with Gasteiger partial charge in [-0.25, -0.2) is 4.39 Å². The monoisotopic (exact) mass is 308 g/mol. The number of alkyl halides is 3. The molecule has 1 aromatic carbocycles. The van der Waals surface area contributed by atoms with Crippen molar-refractivity contribution in [3.05, 3.63) is 35.1 Å². The number of hydrogen-bond donors (Lipinski definition) is 2. The Morgan fingerprint density at radius 3 is 2.55 bits per heavy atom. The molecule has 0 heterocycles. The number of rotatable bonds is 4. The third-order valence-electron chi connectivity index (χ3n) is 2.59. The lowest BCUT2D eigenvalue weighted by Crippen LogP contribution is -2.34. The Balaban J connectivity index is 2.90. The molecular formula is C12H12F4N2OS. The molecule has 0 aromatic heterocycles. The van der Waals surface area contributed by atoms with Crippen LogP contribution in [-0.2, 0) is 6.18 Å². The second-order valence-corrected chi connectivity index (χ2v) is 4.68. The minimum absolute atomic E-state index is 0.0177.